The lowest BCUT2D eigenvalue weighted by Gasteiger charge is -2.38. The second-order valence-electron chi connectivity index (χ2n) is 6.89. The number of methoxy groups -OCH3 is 1. The van der Waals surface area contributed by atoms with Crippen LogP contribution < -0.4 is 0 Å². The molecule has 2 heterocycles. The molecule has 0 saturated heterocycles. The topological polar surface area (TPSA) is 49.9 Å². The van der Waals surface area contributed by atoms with E-state index >= 15 is 0 Å². The Labute approximate surface area is 170 Å². The Balaban J connectivity index is 1.90. The van der Waals surface area contributed by atoms with Crippen molar-refractivity contribution in [2.75, 3.05) is 33.4 Å². The highest BCUT2D eigenvalue weighted by Gasteiger charge is 2.34. The van der Waals surface area contributed by atoms with Crippen molar-refractivity contribution in [3.8, 4) is 0 Å². The Morgan fingerprint density at radius 2 is 2.11 bits per heavy atom. The molecule has 1 atom stereocenters. The molecule has 28 heavy (non-hydrogen) atoms. The quantitative estimate of drug-likeness (QED) is 0.673. The van der Waals surface area contributed by atoms with E-state index in [0.717, 1.165) is 17.5 Å². The highest BCUT2D eigenvalue weighted by Crippen LogP contribution is 2.38. The number of nitrogens with zero attached hydrogens (tertiary/aromatic N) is 2. The van der Waals surface area contributed by atoms with Crippen LogP contribution in [0.3, 0.4) is 0 Å². The summed E-state index contributed by atoms with van der Waals surface area (Å²) in [5.74, 6) is -0.271. The number of benzene rings is 1. The van der Waals surface area contributed by atoms with Gasteiger partial charge in [-0.1, -0.05) is 30.3 Å². The van der Waals surface area contributed by atoms with E-state index in [0.29, 0.717) is 13.1 Å². The second kappa shape index (κ2) is 9.17. The van der Waals surface area contributed by atoms with Gasteiger partial charge < -0.3 is 14.5 Å². The fourth-order valence-electron chi connectivity index (χ4n) is 3.69. The summed E-state index contributed by atoms with van der Waals surface area (Å²) >= 11 is 1.74. The molecule has 0 bridgehead atoms. The molecule has 148 valence electrons. The summed E-state index contributed by atoms with van der Waals surface area (Å²) in [6.45, 7) is 6.72. The zero-order valence-electron chi connectivity index (χ0n) is 16.4. The molecule has 6 heteroatoms. The molecule has 1 aliphatic heterocycles. The highest BCUT2D eigenvalue weighted by molar-refractivity contribution is 7.10. The lowest BCUT2D eigenvalue weighted by molar-refractivity contribution is -0.143. The van der Waals surface area contributed by atoms with Crippen LogP contribution in [0.1, 0.15) is 27.6 Å². The fraction of sp³-hybridized carbons (Fsp3) is 0.364. The summed E-state index contributed by atoms with van der Waals surface area (Å²) in [6, 6.07) is 10.2. The number of thiophene rings is 1. The number of carbonyl (C=O) groups excluding carboxylic acids is 2. The summed E-state index contributed by atoms with van der Waals surface area (Å²) in [6.07, 6.45) is 2.47. The number of hydrogen-bond donors (Lipinski definition) is 0. The summed E-state index contributed by atoms with van der Waals surface area (Å²) < 4.78 is 4.95. The average molecular weight is 399 g/mol. The van der Waals surface area contributed by atoms with Crippen LogP contribution in [0, 0.1) is 6.92 Å². The van der Waals surface area contributed by atoms with Crippen LogP contribution in [0.15, 0.2) is 48.4 Å². The largest absolute Gasteiger partial charge is 0.375 e. The number of fused-ring (bicyclic) bond motifs is 1. The van der Waals surface area contributed by atoms with Crippen LogP contribution >= 0.6 is 11.3 Å². The molecule has 0 radical (unpaired) electrons. The first-order valence-electron chi connectivity index (χ1n) is 9.35. The van der Waals surface area contributed by atoms with E-state index in [1.165, 1.54) is 22.5 Å². The number of carbonyl (C=O) groups is 2. The molecule has 5 nitrogen and oxygen atoms in total. The van der Waals surface area contributed by atoms with Crippen molar-refractivity contribution in [2.45, 2.75) is 19.4 Å². The number of rotatable bonds is 7. The van der Waals surface area contributed by atoms with Crippen LogP contribution in [0.4, 0.5) is 0 Å². The average Bonchev–Trinajstić information content (AvgIpc) is 3.16. The smallest absolute Gasteiger partial charge is 0.249 e. The van der Waals surface area contributed by atoms with Gasteiger partial charge in [0.1, 0.15) is 13.2 Å². The predicted octanol–water partition coefficient (Wildman–Crippen LogP) is 3.19. The van der Waals surface area contributed by atoms with E-state index in [1.807, 2.05) is 17.0 Å². The van der Waals surface area contributed by atoms with Crippen LogP contribution in [0.2, 0.25) is 0 Å². The van der Waals surface area contributed by atoms with Gasteiger partial charge in [-0.15, -0.1) is 17.9 Å². The SMILES string of the molecule is C=CCN(CC(=O)N1CCc2sccc2C1c1ccccc1C)C(=O)COC. The van der Waals surface area contributed by atoms with Gasteiger partial charge in [-0.25, -0.2) is 0 Å². The molecule has 0 fully saturated rings. The number of aryl methyl sites for hydroxylation is 1. The number of amides is 2. The third kappa shape index (κ3) is 4.18. The summed E-state index contributed by atoms with van der Waals surface area (Å²) in [5.41, 5.74) is 3.48. The fourth-order valence-corrected chi connectivity index (χ4v) is 4.60. The summed E-state index contributed by atoms with van der Waals surface area (Å²) in [5, 5.41) is 2.09. The number of hydrogen-bond acceptors (Lipinski definition) is 4. The zero-order chi connectivity index (χ0) is 20.1. The third-order valence-electron chi connectivity index (χ3n) is 5.07. The molecule has 1 unspecified atom stereocenters. The first-order valence-corrected chi connectivity index (χ1v) is 10.2. The van der Waals surface area contributed by atoms with Gasteiger partial charge in [0.05, 0.1) is 6.04 Å². The standard InChI is InChI=1S/C22H26N2O3S/c1-4-11-23(21(26)15-27-3)14-20(25)24-12-9-19-18(10-13-28-19)22(24)17-8-6-5-7-16(17)2/h4-8,10,13,22H,1,9,11-12,14-15H2,2-3H3. The van der Waals surface area contributed by atoms with Crippen molar-refractivity contribution in [2.24, 2.45) is 0 Å². The van der Waals surface area contributed by atoms with Gasteiger partial charge >= 0.3 is 0 Å². The van der Waals surface area contributed by atoms with E-state index in [4.69, 9.17) is 4.74 Å². The first-order chi connectivity index (χ1) is 13.6. The molecular weight excluding hydrogens is 372 g/mol. The van der Waals surface area contributed by atoms with E-state index in [2.05, 4.69) is 37.1 Å². The molecule has 1 aromatic carbocycles. The molecule has 0 spiro atoms. The third-order valence-corrected chi connectivity index (χ3v) is 6.06. The van der Waals surface area contributed by atoms with E-state index in [1.54, 1.807) is 17.4 Å². The van der Waals surface area contributed by atoms with Crippen molar-refractivity contribution in [3.05, 3.63) is 69.9 Å². The Kier molecular flexibility index (Phi) is 6.65. The van der Waals surface area contributed by atoms with Crippen LogP contribution in [0.25, 0.3) is 0 Å². The van der Waals surface area contributed by atoms with E-state index < -0.39 is 0 Å². The normalized spacial score (nSPS) is 15.8. The molecule has 1 aromatic heterocycles. The van der Waals surface area contributed by atoms with E-state index in [9.17, 15) is 9.59 Å². The van der Waals surface area contributed by atoms with Gasteiger partial charge in [0.2, 0.25) is 11.8 Å². The Morgan fingerprint density at radius 3 is 2.82 bits per heavy atom. The molecule has 3 rings (SSSR count). The van der Waals surface area contributed by atoms with Crippen LogP contribution in [-0.2, 0) is 20.7 Å². The predicted molar refractivity (Wildman–Crippen MR) is 111 cm³/mol. The molecule has 0 saturated carbocycles. The van der Waals surface area contributed by atoms with Gasteiger partial charge in [-0.05, 0) is 41.5 Å². The maximum atomic E-state index is 13.3. The Hall–Kier alpha value is -2.44. The first kappa shape index (κ1) is 20.3. The van der Waals surface area contributed by atoms with Crippen molar-refractivity contribution in [1.82, 2.24) is 9.80 Å². The molecular formula is C22H26N2O3S. The Morgan fingerprint density at radius 1 is 1.32 bits per heavy atom. The van der Waals surface area contributed by atoms with Crippen molar-refractivity contribution in [1.29, 1.82) is 0 Å². The minimum absolute atomic E-state index is 0.0239. The van der Waals surface area contributed by atoms with Gasteiger partial charge in [0.15, 0.2) is 0 Å². The van der Waals surface area contributed by atoms with Gasteiger partial charge in [0.25, 0.3) is 0 Å². The van der Waals surface area contributed by atoms with Crippen molar-refractivity contribution >= 4 is 23.2 Å². The van der Waals surface area contributed by atoms with Crippen LogP contribution in [0.5, 0.6) is 0 Å². The Bertz CT molecular complexity index is 861. The minimum atomic E-state index is -0.212. The van der Waals surface area contributed by atoms with Gasteiger partial charge in [-0.2, -0.15) is 0 Å². The summed E-state index contributed by atoms with van der Waals surface area (Å²) in [7, 11) is 1.47. The molecule has 0 N–H and O–H groups in total. The van der Waals surface area contributed by atoms with Gasteiger partial charge in [0, 0.05) is 25.1 Å². The molecule has 1 aliphatic rings. The highest BCUT2D eigenvalue weighted by atomic mass is 32.1. The second-order valence-corrected chi connectivity index (χ2v) is 7.89. The molecule has 0 aliphatic carbocycles. The maximum Gasteiger partial charge on any atom is 0.249 e. The van der Waals surface area contributed by atoms with Gasteiger partial charge in [-0.3, -0.25) is 9.59 Å². The number of ether oxygens (including phenoxy) is 1. The van der Waals surface area contributed by atoms with Crippen molar-refractivity contribution < 1.29 is 14.3 Å². The van der Waals surface area contributed by atoms with Crippen molar-refractivity contribution in [3.63, 3.8) is 0 Å². The lowest BCUT2D eigenvalue weighted by atomic mass is 9.90. The lowest BCUT2D eigenvalue weighted by Crippen LogP contribution is -2.47. The minimum Gasteiger partial charge on any atom is -0.375 e. The molecule has 2 aromatic rings. The maximum absolute atomic E-state index is 13.3. The molecule has 2 amide bonds. The van der Waals surface area contributed by atoms with E-state index in [-0.39, 0.29) is 31.0 Å². The zero-order valence-corrected chi connectivity index (χ0v) is 17.2. The summed E-state index contributed by atoms with van der Waals surface area (Å²) in [4.78, 5) is 30.3. The van der Waals surface area contributed by atoms with Crippen LogP contribution in [-0.4, -0.2) is 55.0 Å². The monoisotopic (exact) mass is 398 g/mol.